The Morgan fingerprint density at radius 3 is 2.56 bits per heavy atom. The molecule has 25 heavy (non-hydrogen) atoms. The van der Waals surface area contributed by atoms with Crippen molar-refractivity contribution in [2.45, 2.75) is 9.92 Å². The molecule has 0 bridgehead atoms. The molecular weight excluding hydrogens is 350 g/mol. The van der Waals surface area contributed by atoms with E-state index >= 15 is 0 Å². The highest BCUT2D eigenvalue weighted by Gasteiger charge is 2.24. The highest BCUT2D eigenvalue weighted by atomic mass is 32.2. The Labute approximate surface area is 145 Å². The number of halogens is 2. The van der Waals surface area contributed by atoms with Crippen molar-refractivity contribution in [1.82, 2.24) is 9.97 Å². The van der Waals surface area contributed by atoms with E-state index in [1.807, 2.05) is 6.07 Å². The normalized spacial score (nSPS) is 10.5. The van der Waals surface area contributed by atoms with E-state index in [9.17, 15) is 18.9 Å². The standard InChI is InChI=1S/C16H10F2N4O2S/c17-10-6-7-12(18)13(8-10)21-15-14(22(23)24)16(20-9-19-15)25-11-4-2-1-3-5-11/h1-9H,(H,19,20,21). The van der Waals surface area contributed by atoms with Crippen LogP contribution < -0.4 is 5.32 Å². The second kappa shape index (κ2) is 7.22. The lowest BCUT2D eigenvalue weighted by Crippen LogP contribution is -2.04. The maximum Gasteiger partial charge on any atom is 0.343 e. The number of aromatic nitrogens is 2. The van der Waals surface area contributed by atoms with E-state index in [-0.39, 0.29) is 16.5 Å². The van der Waals surface area contributed by atoms with Gasteiger partial charge in [0, 0.05) is 11.0 Å². The van der Waals surface area contributed by atoms with Crippen LogP contribution in [-0.2, 0) is 0 Å². The van der Waals surface area contributed by atoms with Gasteiger partial charge in [-0.1, -0.05) is 30.0 Å². The van der Waals surface area contributed by atoms with Crippen LogP contribution in [0.4, 0.5) is 26.0 Å². The SMILES string of the molecule is O=[N+]([O-])c1c(Nc2cc(F)ccc2F)ncnc1Sc1ccccc1. The molecule has 1 heterocycles. The molecule has 1 N–H and O–H groups in total. The third kappa shape index (κ3) is 3.89. The molecule has 0 amide bonds. The van der Waals surface area contributed by atoms with Crippen molar-refractivity contribution in [3.8, 4) is 0 Å². The molecule has 0 aliphatic carbocycles. The second-order valence-corrected chi connectivity index (χ2v) is 5.86. The minimum absolute atomic E-state index is 0.0884. The molecule has 0 atom stereocenters. The first-order valence-corrected chi connectivity index (χ1v) is 7.80. The van der Waals surface area contributed by atoms with Crippen molar-refractivity contribution in [2.24, 2.45) is 0 Å². The van der Waals surface area contributed by atoms with Crippen molar-refractivity contribution in [3.05, 3.63) is 76.6 Å². The van der Waals surface area contributed by atoms with Gasteiger partial charge < -0.3 is 5.32 Å². The highest BCUT2D eigenvalue weighted by Crippen LogP contribution is 2.37. The minimum Gasteiger partial charge on any atom is -0.332 e. The van der Waals surface area contributed by atoms with Gasteiger partial charge in [-0.05, 0) is 24.3 Å². The molecule has 9 heteroatoms. The predicted molar refractivity (Wildman–Crippen MR) is 88.9 cm³/mol. The summed E-state index contributed by atoms with van der Waals surface area (Å²) in [5.74, 6) is -1.66. The van der Waals surface area contributed by atoms with E-state index in [1.165, 1.54) is 0 Å². The molecule has 0 unspecified atom stereocenters. The summed E-state index contributed by atoms with van der Waals surface area (Å²) < 4.78 is 27.1. The second-order valence-electron chi connectivity index (χ2n) is 4.80. The molecule has 2 aromatic carbocycles. The first-order chi connectivity index (χ1) is 12.0. The van der Waals surface area contributed by atoms with E-state index in [4.69, 9.17) is 0 Å². The molecule has 3 rings (SSSR count). The number of rotatable bonds is 5. The number of nitrogens with one attached hydrogen (secondary N) is 1. The Morgan fingerprint density at radius 1 is 1.08 bits per heavy atom. The molecule has 0 aliphatic rings. The summed E-state index contributed by atoms with van der Waals surface area (Å²) in [6, 6.07) is 11.7. The van der Waals surface area contributed by atoms with Crippen LogP contribution in [-0.4, -0.2) is 14.9 Å². The minimum atomic E-state index is -0.758. The Hall–Kier alpha value is -3.07. The molecule has 0 radical (unpaired) electrons. The summed E-state index contributed by atoms with van der Waals surface area (Å²) >= 11 is 1.07. The number of hydrogen-bond donors (Lipinski definition) is 1. The van der Waals surface area contributed by atoms with Gasteiger partial charge >= 0.3 is 5.69 Å². The molecule has 6 nitrogen and oxygen atoms in total. The van der Waals surface area contributed by atoms with Gasteiger partial charge in [0.15, 0.2) is 5.03 Å². The summed E-state index contributed by atoms with van der Waals surface area (Å²) in [6.07, 6.45) is 1.12. The lowest BCUT2D eigenvalue weighted by molar-refractivity contribution is -0.387. The van der Waals surface area contributed by atoms with Crippen molar-refractivity contribution in [3.63, 3.8) is 0 Å². The monoisotopic (exact) mass is 360 g/mol. The van der Waals surface area contributed by atoms with Crippen molar-refractivity contribution >= 4 is 29.0 Å². The van der Waals surface area contributed by atoms with E-state index in [1.54, 1.807) is 24.3 Å². The number of hydrogen-bond acceptors (Lipinski definition) is 6. The van der Waals surface area contributed by atoms with Crippen LogP contribution in [0.3, 0.4) is 0 Å². The number of nitro groups is 1. The number of benzene rings is 2. The quantitative estimate of drug-likeness (QED) is 0.408. The summed E-state index contributed by atoms with van der Waals surface area (Å²) in [5, 5.41) is 14.0. The van der Waals surface area contributed by atoms with Gasteiger partial charge in [0.1, 0.15) is 18.0 Å². The molecule has 0 aliphatic heterocycles. The van der Waals surface area contributed by atoms with Crippen LogP contribution in [0.1, 0.15) is 0 Å². The van der Waals surface area contributed by atoms with E-state index < -0.39 is 22.2 Å². The molecule has 1 aromatic heterocycles. The van der Waals surface area contributed by atoms with Crippen LogP contribution in [0.5, 0.6) is 0 Å². The summed E-state index contributed by atoms with van der Waals surface area (Å²) in [7, 11) is 0. The van der Waals surface area contributed by atoms with Crippen molar-refractivity contribution in [2.75, 3.05) is 5.32 Å². The lowest BCUT2D eigenvalue weighted by atomic mass is 10.3. The fourth-order valence-corrected chi connectivity index (χ4v) is 2.90. The molecule has 0 fully saturated rings. The number of nitrogens with zero attached hydrogens (tertiary/aromatic N) is 3. The predicted octanol–water partition coefficient (Wildman–Crippen LogP) is 4.56. The Kier molecular flexibility index (Phi) is 4.85. The van der Waals surface area contributed by atoms with Crippen LogP contribution >= 0.6 is 11.8 Å². The molecule has 0 saturated heterocycles. The fraction of sp³-hybridized carbons (Fsp3) is 0. The van der Waals surface area contributed by atoms with Gasteiger partial charge in [-0.3, -0.25) is 10.1 Å². The molecule has 0 saturated carbocycles. The highest BCUT2D eigenvalue weighted by molar-refractivity contribution is 7.99. The van der Waals surface area contributed by atoms with Crippen LogP contribution in [0.15, 0.2) is 64.8 Å². The van der Waals surface area contributed by atoms with Crippen molar-refractivity contribution in [1.29, 1.82) is 0 Å². The maximum atomic E-state index is 13.8. The van der Waals surface area contributed by atoms with Crippen molar-refractivity contribution < 1.29 is 13.7 Å². The first kappa shape index (κ1) is 16.8. The fourth-order valence-electron chi connectivity index (χ4n) is 2.01. The van der Waals surface area contributed by atoms with Gasteiger partial charge in [0.05, 0.1) is 10.6 Å². The summed E-state index contributed by atoms with van der Waals surface area (Å²) in [5.41, 5.74) is -0.669. The van der Waals surface area contributed by atoms with Gasteiger partial charge in [-0.15, -0.1) is 0 Å². The Balaban J connectivity index is 2.01. The molecular formula is C16H10F2N4O2S. The largest absolute Gasteiger partial charge is 0.343 e. The smallest absolute Gasteiger partial charge is 0.332 e. The van der Waals surface area contributed by atoms with E-state index in [0.717, 1.165) is 41.2 Å². The Morgan fingerprint density at radius 2 is 1.84 bits per heavy atom. The third-order valence-corrected chi connectivity index (χ3v) is 4.11. The molecule has 3 aromatic rings. The zero-order valence-electron chi connectivity index (χ0n) is 12.5. The summed E-state index contributed by atoms with van der Waals surface area (Å²) in [6.45, 7) is 0. The van der Waals surface area contributed by atoms with Gasteiger partial charge in [-0.2, -0.15) is 0 Å². The zero-order valence-corrected chi connectivity index (χ0v) is 13.3. The van der Waals surface area contributed by atoms with Gasteiger partial charge in [-0.25, -0.2) is 18.7 Å². The van der Waals surface area contributed by atoms with E-state index in [0.29, 0.717) is 0 Å². The average Bonchev–Trinajstić information content (AvgIpc) is 2.59. The van der Waals surface area contributed by atoms with Crippen LogP contribution in [0.25, 0.3) is 0 Å². The average molecular weight is 360 g/mol. The van der Waals surface area contributed by atoms with Crippen LogP contribution in [0, 0.1) is 21.7 Å². The zero-order chi connectivity index (χ0) is 17.8. The van der Waals surface area contributed by atoms with Gasteiger partial charge in [0.2, 0.25) is 5.82 Å². The molecule has 126 valence electrons. The van der Waals surface area contributed by atoms with E-state index in [2.05, 4.69) is 15.3 Å². The lowest BCUT2D eigenvalue weighted by Gasteiger charge is -2.09. The third-order valence-electron chi connectivity index (χ3n) is 3.11. The first-order valence-electron chi connectivity index (χ1n) is 6.99. The summed E-state index contributed by atoms with van der Waals surface area (Å²) in [4.78, 5) is 19.3. The van der Waals surface area contributed by atoms with Gasteiger partial charge in [0.25, 0.3) is 0 Å². The maximum absolute atomic E-state index is 13.8. The number of anilines is 2. The molecule has 0 spiro atoms. The van der Waals surface area contributed by atoms with Crippen LogP contribution in [0.2, 0.25) is 0 Å². The Bertz CT molecular complexity index is 925. The topological polar surface area (TPSA) is 81.0 Å².